The molecule has 4 atom stereocenters. The van der Waals surface area contributed by atoms with Crippen LogP contribution in [-0.2, 0) is 19.9 Å². The maximum absolute atomic E-state index is 13.9. The topological polar surface area (TPSA) is 148 Å². The molecule has 3 N–H and O–H groups in total. The van der Waals surface area contributed by atoms with Crippen LogP contribution >= 0.6 is 11.3 Å². The molecule has 1 saturated heterocycles. The molecule has 40 heavy (non-hydrogen) atoms. The van der Waals surface area contributed by atoms with Crippen molar-refractivity contribution in [1.82, 2.24) is 20.5 Å². The van der Waals surface area contributed by atoms with Gasteiger partial charge in [0.25, 0.3) is 5.91 Å². The van der Waals surface area contributed by atoms with Crippen LogP contribution in [0.15, 0.2) is 34.8 Å². The minimum absolute atomic E-state index is 0.0455. The Labute approximate surface area is 237 Å². The summed E-state index contributed by atoms with van der Waals surface area (Å²) in [4.78, 5) is 51.3. The van der Waals surface area contributed by atoms with Gasteiger partial charge in [-0.15, -0.1) is 11.3 Å². The molecule has 2 aliphatic heterocycles. The number of thiazole rings is 1. The maximum Gasteiger partial charge on any atom is 0.277 e. The highest BCUT2D eigenvalue weighted by Gasteiger charge is 2.54. The van der Waals surface area contributed by atoms with Crippen molar-refractivity contribution in [2.24, 2.45) is 15.8 Å². The van der Waals surface area contributed by atoms with Crippen molar-refractivity contribution in [3.8, 4) is 16.5 Å². The van der Waals surface area contributed by atoms with Gasteiger partial charge in [-0.25, -0.2) is 4.98 Å². The van der Waals surface area contributed by atoms with Crippen LogP contribution < -0.4 is 10.6 Å². The highest BCUT2D eigenvalue weighted by molar-refractivity contribution is 7.13. The number of aliphatic hydroxyl groups is 1. The van der Waals surface area contributed by atoms with E-state index >= 15 is 0 Å². The van der Waals surface area contributed by atoms with Crippen molar-refractivity contribution in [1.29, 1.82) is 5.26 Å². The molecule has 1 aliphatic carbocycles. The SMILES string of the molecule is Cc1ncsc1-c1ccc(C2(C)NC([C@@H]3C[C@@H](O)CN3C(=O)C(NC(=O)C3(C#N)CC3)C(C)(C)C)=NC2=O)cc1. The first-order valence-electron chi connectivity index (χ1n) is 13.4. The van der Waals surface area contributed by atoms with Crippen LogP contribution in [0, 0.1) is 29.1 Å². The Kier molecular flexibility index (Phi) is 6.83. The quantitative estimate of drug-likeness (QED) is 0.490. The van der Waals surface area contributed by atoms with E-state index in [-0.39, 0.29) is 24.8 Å². The number of nitrogens with zero attached hydrogens (tertiary/aromatic N) is 4. The van der Waals surface area contributed by atoms with Gasteiger partial charge >= 0.3 is 0 Å². The molecule has 11 heteroatoms. The second-order valence-electron chi connectivity index (χ2n) is 12.3. The number of likely N-dealkylation sites (tertiary alicyclic amines) is 1. The summed E-state index contributed by atoms with van der Waals surface area (Å²) in [7, 11) is 0. The first kappa shape index (κ1) is 27.9. The standard InChI is InChI=1S/C29H34N6O4S/c1-16-21(40-15-31-16)17-6-8-18(9-7-17)28(5)25(38)33-23(34-28)20-12-19(36)13-35(20)24(37)22(27(2,3)4)32-26(39)29(14-30)10-11-29/h6-9,15,19-20,22,36H,10-13H2,1-5H3,(H,32,39)(H,33,34,38)/t19-,20+,22?,28?/m1/s1. The molecule has 0 radical (unpaired) electrons. The number of carbonyl (C=O) groups excluding carboxylic acids is 3. The van der Waals surface area contributed by atoms with Crippen LogP contribution in [-0.4, -0.2) is 63.3 Å². The van der Waals surface area contributed by atoms with Gasteiger partial charge in [0.1, 0.15) is 22.8 Å². The number of aliphatic hydroxyl groups excluding tert-OH is 1. The van der Waals surface area contributed by atoms with E-state index < -0.39 is 40.5 Å². The van der Waals surface area contributed by atoms with Crippen molar-refractivity contribution >= 4 is 34.9 Å². The van der Waals surface area contributed by atoms with E-state index in [0.717, 1.165) is 21.7 Å². The zero-order valence-electron chi connectivity index (χ0n) is 23.3. The van der Waals surface area contributed by atoms with E-state index in [1.807, 2.05) is 52.0 Å². The first-order valence-corrected chi connectivity index (χ1v) is 14.3. The second kappa shape index (κ2) is 9.78. The number of benzene rings is 1. The largest absolute Gasteiger partial charge is 0.391 e. The lowest BCUT2D eigenvalue weighted by atomic mass is 9.85. The molecular formula is C29H34N6O4S. The summed E-state index contributed by atoms with van der Waals surface area (Å²) in [5.74, 6) is -0.903. The summed E-state index contributed by atoms with van der Waals surface area (Å²) in [6, 6.07) is 8.16. The number of aliphatic imine (C=N–C) groups is 1. The lowest BCUT2D eigenvalue weighted by Crippen LogP contribution is -2.59. The number of aryl methyl sites for hydroxylation is 1. The Morgan fingerprint density at radius 3 is 2.50 bits per heavy atom. The fourth-order valence-electron chi connectivity index (χ4n) is 5.36. The smallest absolute Gasteiger partial charge is 0.277 e. The van der Waals surface area contributed by atoms with Gasteiger partial charge in [0.15, 0.2) is 0 Å². The van der Waals surface area contributed by atoms with E-state index in [1.165, 1.54) is 4.90 Å². The summed E-state index contributed by atoms with van der Waals surface area (Å²) in [6.45, 7) is 9.27. The molecule has 3 amide bonds. The minimum atomic E-state index is -1.14. The minimum Gasteiger partial charge on any atom is -0.391 e. The van der Waals surface area contributed by atoms with Gasteiger partial charge in [0, 0.05) is 13.0 Å². The van der Waals surface area contributed by atoms with Crippen molar-refractivity contribution in [3.63, 3.8) is 0 Å². The number of nitrogens with one attached hydrogen (secondary N) is 2. The highest BCUT2D eigenvalue weighted by Crippen LogP contribution is 2.45. The molecule has 2 fully saturated rings. The fraction of sp³-hybridized carbons (Fsp3) is 0.517. The van der Waals surface area contributed by atoms with Crippen molar-refractivity contribution < 1.29 is 19.5 Å². The average Bonchev–Trinajstić information content (AvgIpc) is 3.28. The predicted octanol–water partition coefficient (Wildman–Crippen LogP) is 2.66. The number of hydrogen-bond donors (Lipinski definition) is 3. The van der Waals surface area contributed by atoms with Crippen LogP contribution in [0.25, 0.3) is 10.4 Å². The van der Waals surface area contributed by atoms with Crippen molar-refractivity contribution in [3.05, 3.63) is 41.0 Å². The van der Waals surface area contributed by atoms with Gasteiger partial charge in [0.05, 0.1) is 34.3 Å². The van der Waals surface area contributed by atoms with Gasteiger partial charge < -0.3 is 20.6 Å². The molecule has 1 aromatic carbocycles. The van der Waals surface area contributed by atoms with Crippen LogP contribution in [0.2, 0.25) is 0 Å². The van der Waals surface area contributed by atoms with E-state index in [1.54, 1.807) is 23.8 Å². The number of carbonyl (C=O) groups is 3. The lowest BCUT2D eigenvalue weighted by molar-refractivity contribution is -0.140. The number of nitriles is 1. The number of rotatable bonds is 6. The molecule has 2 unspecified atom stereocenters. The molecule has 210 valence electrons. The third kappa shape index (κ3) is 4.80. The summed E-state index contributed by atoms with van der Waals surface area (Å²) >= 11 is 1.55. The van der Waals surface area contributed by atoms with Gasteiger partial charge in [-0.1, -0.05) is 45.0 Å². The monoisotopic (exact) mass is 562 g/mol. The van der Waals surface area contributed by atoms with E-state index in [9.17, 15) is 24.8 Å². The molecule has 0 spiro atoms. The zero-order valence-corrected chi connectivity index (χ0v) is 24.1. The van der Waals surface area contributed by atoms with Gasteiger partial charge in [0.2, 0.25) is 11.8 Å². The summed E-state index contributed by atoms with van der Waals surface area (Å²) in [5, 5.41) is 26.1. The van der Waals surface area contributed by atoms with Crippen molar-refractivity contribution in [2.75, 3.05) is 6.54 Å². The van der Waals surface area contributed by atoms with Gasteiger partial charge in [-0.2, -0.15) is 10.3 Å². The molecule has 3 heterocycles. The zero-order chi connectivity index (χ0) is 29.0. The molecule has 10 nitrogen and oxygen atoms in total. The van der Waals surface area contributed by atoms with Crippen LogP contribution in [0.3, 0.4) is 0 Å². The highest BCUT2D eigenvalue weighted by atomic mass is 32.1. The molecule has 1 aromatic heterocycles. The van der Waals surface area contributed by atoms with E-state index in [2.05, 4.69) is 26.7 Å². The van der Waals surface area contributed by atoms with E-state index in [0.29, 0.717) is 18.7 Å². The second-order valence-corrected chi connectivity index (χ2v) is 13.1. The fourth-order valence-corrected chi connectivity index (χ4v) is 6.17. The van der Waals surface area contributed by atoms with Crippen LogP contribution in [0.5, 0.6) is 0 Å². The summed E-state index contributed by atoms with van der Waals surface area (Å²) < 4.78 is 0. The Bertz CT molecular complexity index is 1430. The van der Waals surface area contributed by atoms with Gasteiger partial charge in [-0.05, 0) is 43.2 Å². The lowest BCUT2D eigenvalue weighted by Gasteiger charge is -2.36. The Morgan fingerprint density at radius 2 is 1.95 bits per heavy atom. The third-order valence-corrected chi connectivity index (χ3v) is 9.14. The predicted molar refractivity (Wildman–Crippen MR) is 150 cm³/mol. The number of β-amino-alcohol motifs (C(OH)–C–C–N with tert-alkyl or cyclic N) is 1. The maximum atomic E-state index is 13.9. The van der Waals surface area contributed by atoms with Gasteiger partial charge in [-0.3, -0.25) is 14.4 Å². The van der Waals surface area contributed by atoms with Crippen LogP contribution in [0.1, 0.15) is 58.2 Å². The Balaban J connectivity index is 1.37. The van der Waals surface area contributed by atoms with Crippen LogP contribution in [0.4, 0.5) is 0 Å². The Hall–Kier alpha value is -3.62. The number of aromatic nitrogens is 1. The number of amides is 3. The normalized spacial score (nSPS) is 26.1. The molecule has 0 bridgehead atoms. The van der Waals surface area contributed by atoms with E-state index in [4.69, 9.17) is 0 Å². The molecular weight excluding hydrogens is 528 g/mol. The first-order chi connectivity index (χ1) is 18.8. The number of amidine groups is 1. The number of hydrogen-bond acceptors (Lipinski definition) is 8. The molecule has 5 rings (SSSR count). The molecule has 2 aromatic rings. The molecule has 1 saturated carbocycles. The summed E-state index contributed by atoms with van der Waals surface area (Å²) in [5.41, 5.74) is 1.60. The molecule has 3 aliphatic rings. The average molecular weight is 563 g/mol. The summed E-state index contributed by atoms with van der Waals surface area (Å²) in [6.07, 6.45) is 0.333. The Morgan fingerprint density at radius 1 is 1.27 bits per heavy atom. The van der Waals surface area contributed by atoms with Crippen molar-refractivity contribution in [2.45, 2.75) is 77.6 Å². The third-order valence-electron chi connectivity index (χ3n) is 8.16.